The number of nitrogens with zero attached hydrogens (tertiary/aromatic N) is 3. The predicted molar refractivity (Wildman–Crippen MR) is 105 cm³/mol. The molecule has 0 atom stereocenters. The van der Waals surface area contributed by atoms with Crippen molar-refractivity contribution in [3.63, 3.8) is 0 Å². The van der Waals surface area contributed by atoms with Crippen molar-refractivity contribution in [1.29, 1.82) is 0 Å². The van der Waals surface area contributed by atoms with Crippen molar-refractivity contribution in [2.45, 2.75) is 25.7 Å². The van der Waals surface area contributed by atoms with Crippen LogP contribution in [0.3, 0.4) is 0 Å². The fourth-order valence-electron chi connectivity index (χ4n) is 3.27. The standard InChI is InChI=1S/C20H30N4O2/c1-21-20(23(2)12-13-26-15-16-9-10-16)22-14-19(25)24-11-5-7-17-6-3-4-8-18(17)24/h3-4,6,8,16H,5,7,9-15H2,1-2H3,(H,21,22). The molecule has 1 fully saturated rings. The highest BCUT2D eigenvalue weighted by Crippen LogP contribution is 2.28. The average Bonchev–Trinajstić information content (AvgIpc) is 3.49. The number of anilines is 1. The fraction of sp³-hybridized carbons (Fsp3) is 0.600. The van der Waals surface area contributed by atoms with E-state index in [1.165, 1.54) is 18.4 Å². The first-order valence-corrected chi connectivity index (χ1v) is 9.57. The maximum Gasteiger partial charge on any atom is 0.246 e. The summed E-state index contributed by atoms with van der Waals surface area (Å²) in [5.74, 6) is 1.58. The Kier molecular flexibility index (Phi) is 6.50. The van der Waals surface area contributed by atoms with E-state index in [0.717, 1.165) is 50.1 Å². The third-order valence-corrected chi connectivity index (χ3v) is 5.00. The molecular weight excluding hydrogens is 328 g/mol. The van der Waals surface area contributed by atoms with Gasteiger partial charge in [-0.1, -0.05) is 18.2 Å². The molecule has 0 saturated heterocycles. The molecule has 0 spiro atoms. The van der Waals surface area contributed by atoms with E-state index in [1.807, 2.05) is 35.0 Å². The number of benzene rings is 1. The Morgan fingerprint density at radius 3 is 2.96 bits per heavy atom. The largest absolute Gasteiger partial charge is 0.379 e. The lowest BCUT2D eigenvalue weighted by Crippen LogP contribution is -2.47. The van der Waals surface area contributed by atoms with Crippen molar-refractivity contribution < 1.29 is 9.53 Å². The van der Waals surface area contributed by atoms with Gasteiger partial charge in [0.2, 0.25) is 5.91 Å². The number of guanidine groups is 1. The number of ether oxygens (including phenoxy) is 1. The lowest BCUT2D eigenvalue weighted by atomic mass is 10.0. The third kappa shape index (κ3) is 4.97. The highest BCUT2D eigenvalue weighted by atomic mass is 16.5. The number of carbonyl (C=O) groups excluding carboxylic acids is 1. The predicted octanol–water partition coefficient (Wildman–Crippen LogP) is 1.90. The summed E-state index contributed by atoms with van der Waals surface area (Å²) in [6.45, 7) is 3.33. The summed E-state index contributed by atoms with van der Waals surface area (Å²) in [5.41, 5.74) is 2.30. The molecule has 142 valence electrons. The number of amides is 1. The first-order chi connectivity index (χ1) is 12.7. The van der Waals surface area contributed by atoms with E-state index >= 15 is 0 Å². The number of rotatable bonds is 7. The van der Waals surface area contributed by atoms with E-state index in [2.05, 4.69) is 16.4 Å². The average molecular weight is 358 g/mol. The molecule has 3 rings (SSSR count). The van der Waals surface area contributed by atoms with Crippen LogP contribution < -0.4 is 10.2 Å². The van der Waals surface area contributed by atoms with E-state index in [9.17, 15) is 4.79 Å². The van der Waals surface area contributed by atoms with Crippen LogP contribution in [0.15, 0.2) is 29.3 Å². The van der Waals surface area contributed by atoms with Gasteiger partial charge in [-0.25, -0.2) is 0 Å². The summed E-state index contributed by atoms with van der Waals surface area (Å²) >= 11 is 0. The van der Waals surface area contributed by atoms with Crippen molar-refractivity contribution >= 4 is 17.6 Å². The molecule has 1 N–H and O–H groups in total. The van der Waals surface area contributed by atoms with Gasteiger partial charge in [0.15, 0.2) is 5.96 Å². The van der Waals surface area contributed by atoms with Gasteiger partial charge in [0.1, 0.15) is 0 Å². The van der Waals surface area contributed by atoms with Gasteiger partial charge in [-0.15, -0.1) is 0 Å². The summed E-state index contributed by atoms with van der Waals surface area (Å²) in [4.78, 5) is 20.9. The number of carbonyl (C=O) groups is 1. The molecule has 1 heterocycles. The second kappa shape index (κ2) is 9.03. The van der Waals surface area contributed by atoms with Crippen molar-refractivity contribution in [3.8, 4) is 0 Å². The summed E-state index contributed by atoms with van der Waals surface area (Å²) < 4.78 is 5.68. The first kappa shape index (κ1) is 18.7. The molecule has 1 aliphatic carbocycles. The van der Waals surface area contributed by atoms with Gasteiger partial charge in [0, 0.05) is 39.5 Å². The molecule has 0 radical (unpaired) electrons. The summed E-state index contributed by atoms with van der Waals surface area (Å²) in [5, 5.41) is 3.19. The Labute approximate surface area is 156 Å². The smallest absolute Gasteiger partial charge is 0.246 e. The molecule has 6 heteroatoms. The van der Waals surface area contributed by atoms with Crippen LogP contribution in [0.5, 0.6) is 0 Å². The molecule has 6 nitrogen and oxygen atoms in total. The maximum absolute atomic E-state index is 12.7. The van der Waals surface area contributed by atoms with Crippen LogP contribution in [0, 0.1) is 5.92 Å². The maximum atomic E-state index is 12.7. The summed E-state index contributed by atoms with van der Waals surface area (Å²) in [7, 11) is 3.71. The van der Waals surface area contributed by atoms with Crippen LogP contribution in [0.4, 0.5) is 5.69 Å². The number of likely N-dealkylation sites (N-methyl/N-ethyl adjacent to an activating group) is 1. The minimum Gasteiger partial charge on any atom is -0.379 e. The lowest BCUT2D eigenvalue weighted by Gasteiger charge is -2.30. The van der Waals surface area contributed by atoms with Crippen LogP contribution in [0.25, 0.3) is 0 Å². The monoisotopic (exact) mass is 358 g/mol. The molecule has 26 heavy (non-hydrogen) atoms. The van der Waals surface area contributed by atoms with Gasteiger partial charge < -0.3 is 19.9 Å². The Bertz CT molecular complexity index is 642. The quantitative estimate of drug-likeness (QED) is 0.459. The highest BCUT2D eigenvalue weighted by Gasteiger charge is 2.23. The minimum absolute atomic E-state index is 0.0803. The van der Waals surface area contributed by atoms with Gasteiger partial charge in [-0.2, -0.15) is 0 Å². The number of para-hydroxylation sites is 1. The Morgan fingerprint density at radius 1 is 1.38 bits per heavy atom. The lowest BCUT2D eigenvalue weighted by molar-refractivity contribution is -0.117. The van der Waals surface area contributed by atoms with Crippen molar-refractivity contribution in [1.82, 2.24) is 10.2 Å². The molecule has 0 bridgehead atoms. The Balaban J connectivity index is 1.46. The molecule has 1 saturated carbocycles. The summed E-state index contributed by atoms with van der Waals surface area (Å²) in [6, 6.07) is 8.17. The van der Waals surface area contributed by atoms with Crippen molar-refractivity contribution in [2.24, 2.45) is 10.9 Å². The van der Waals surface area contributed by atoms with Gasteiger partial charge in [0.25, 0.3) is 0 Å². The van der Waals surface area contributed by atoms with Crippen LogP contribution in [0.2, 0.25) is 0 Å². The second-order valence-electron chi connectivity index (χ2n) is 7.12. The number of aliphatic imine (C=N–C) groups is 1. The molecule has 1 aromatic rings. The topological polar surface area (TPSA) is 57.2 Å². The fourth-order valence-corrected chi connectivity index (χ4v) is 3.27. The zero-order valence-electron chi connectivity index (χ0n) is 15.9. The minimum atomic E-state index is 0.0803. The van der Waals surface area contributed by atoms with E-state index < -0.39 is 0 Å². The van der Waals surface area contributed by atoms with Gasteiger partial charge in [-0.05, 0) is 43.2 Å². The zero-order valence-corrected chi connectivity index (χ0v) is 15.9. The second-order valence-corrected chi connectivity index (χ2v) is 7.12. The number of hydrogen-bond acceptors (Lipinski definition) is 3. The van der Waals surface area contributed by atoms with E-state index in [0.29, 0.717) is 6.61 Å². The Morgan fingerprint density at radius 2 is 2.19 bits per heavy atom. The van der Waals surface area contributed by atoms with E-state index in [4.69, 9.17) is 4.74 Å². The van der Waals surface area contributed by atoms with Crippen LogP contribution >= 0.6 is 0 Å². The zero-order chi connectivity index (χ0) is 18.4. The van der Waals surface area contributed by atoms with Crippen LogP contribution in [0.1, 0.15) is 24.8 Å². The Hall–Kier alpha value is -2.08. The molecule has 2 aliphatic rings. The van der Waals surface area contributed by atoms with Gasteiger partial charge in [0.05, 0.1) is 13.2 Å². The number of aryl methyl sites for hydroxylation is 1. The van der Waals surface area contributed by atoms with Gasteiger partial charge >= 0.3 is 0 Å². The van der Waals surface area contributed by atoms with Crippen LogP contribution in [-0.4, -0.2) is 63.7 Å². The SMILES string of the molecule is CN=C(NCC(=O)N1CCCc2ccccc21)N(C)CCOCC1CC1. The van der Waals surface area contributed by atoms with Crippen molar-refractivity contribution in [3.05, 3.63) is 29.8 Å². The summed E-state index contributed by atoms with van der Waals surface area (Å²) in [6.07, 6.45) is 4.66. The first-order valence-electron chi connectivity index (χ1n) is 9.57. The van der Waals surface area contributed by atoms with Crippen LogP contribution in [-0.2, 0) is 16.0 Å². The highest BCUT2D eigenvalue weighted by molar-refractivity contribution is 5.98. The molecule has 1 aromatic carbocycles. The molecular formula is C20H30N4O2. The van der Waals surface area contributed by atoms with Gasteiger partial charge in [-0.3, -0.25) is 9.79 Å². The number of nitrogens with one attached hydrogen (secondary N) is 1. The van der Waals surface area contributed by atoms with Crippen molar-refractivity contribution in [2.75, 3.05) is 51.8 Å². The third-order valence-electron chi connectivity index (χ3n) is 5.00. The molecule has 1 aliphatic heterocycles. The normalized spacial score (nSPS) is 17.0. The molecule has 0 aromatic heterocycles. The number of hydrogen-bond donors (Lipinski definition) is 1. The number of fused-ring (bicyclic) bond motifs is 1. The van der Waals surface area contributed by atoms with E-state index in [1.54, 1.807) is 7.05 Å². The van der Waals surface area contributed by atoms with E-state index in [-0.39, 0.29) is 12.5 Å². The molecule has 1 amide bonds. The molecule has 0 unspecified atom stereocenters.